The molecule has 4 nitrogen and oxygen atoms in total. The van der Waals surface area contributed by atoms with Gasteiger partial charge in [-0.15, -0.1) is 0 Å². The fourth-order valence-corrected chi connectivity index (χ4v) is 2.12. The van der Waals surface area contributed by atoms with Gasteiger partial charge in [-0.25, -0.2) is 0 Å². The molecule has 2 aliphatic rings. The highest BCUT2D eigenvalue weighted by atomic mass is 16.5. The third-order valence-corrected chi connectivity index (χ3v) is 2.74. The first-order valence-corrected chi connectivity index (χ1v) is 4.08. The molecule has 0 aromatic rings. The summed E-state index contributed by atoms with van der Waals surface area (Å²) in [5.74, 6) is -1.77. The van der Waals surface area contributed by atoms with Gasteiger partial charge in [-0.05, 0) is 18.8 Å². The molecule has 1 saturated heterocycles. The van der Waals surface area contributed by atoms with Crippen molar-refractivity contribution in [2.24, 2.45) is 17.8 Å². The van der Waals surface area contributed by atoms with Gasteiger partial charge in [0.25, 0.3) is 0 Å². The number of carboxylic acids is 1. The van der Waals surface area contributed by atoms with Gasteiger partial charge in [0.15, 0.2) is 0 Å². The van der Waals surface area contributed by atoms with E-state index in [-0.39, 0.29) is 17.8 Å². The van der Waals surface area contributed by atoms with Crippen LogP contribution in [0, 0.1) is 17.8 Å². The maximum Gasteiger partial charge on any atom is 0.309 e. The molecular weight excluding hydrogens is 160 g/mol. The summed E-state index contributed by atoms with van der Waals surface area (Å²) in [6.45, 7) is 0.416. The second-order valence-electron chi connectivity index (χ2n) is 3.52. The van der Waals surface area contributed by atoms with Gasteiger partial charge in [-0.1, -0.05) is 0 Å². The Bertz CT molecular complexity index is 235. The molecule has 3 atom stereocenters. The zero-order valence-corrected chi connectivity index (χ0v) is 6.53. The van der Waals surface area contributed by atoms with Gasteiger partial charge in [0.1, 0.15) is 0 Å². The fourth-order valence-electron chi connectivity index (χ4n) is 2.12. The van der Waals surface area contributed by atoms with E-state index in [1.54, 1.807) is 0 Å². The van der Waals surface area contributed by atoms with Crippen LogP contribution in [-0.2, 0) is 14.3 Å². The van der Waals surface area contributed by atoms with Crippen molar-refractivity contribution in [1.82, 2.24) is 0 Å². The standard InChI is InChI=1S/C8H10O4/c9-7(10)5-1-4-2-6(5)8(11)12-3-4/h4-6H,1-3H2,(H,9,10)/t4-,5-,6-/m0/s1. The van der Waals surface area contributed by atoms with Crippen LogP contribution in [-0.4, -0.2) is 23.7 Å². The molecule has 0 aromatic carbocycles. The van der Waals surface area contributed by atoms with Crippen molar-refractivity contribution in [3.05, 3.63) is 0 Å². The summed E-state index contributed by atoms with van der Waals surface area (Å²) in [4.78, 5) is 21.8. The third-order valence-electron chi connectivity index (χ3n) is 2.74. The van der Waals surface area contributed by atoms with Crippen molar-refractivity contribution in [2.75, 3.05) is 6.61 Å². The normalized spacial score (nSPS) is 39.3. The lowest BCUT2D eigenvalue weighted by Crippen LogP contribution is -2.28. The maximum atomic E-state index is 11.1. The van der Waals surface area contributed by atoms with Gasteiger partial charge in [-0.2, -0.15) is 0 Å². The van der Waals surface area contributed by atoms with Crippen LogP contribution in [0.1, 0.15) is 12.8 Å². The van der Waals surface area contributed by atoms with Crippen LogP contribution in [0.3, 0.4) is 0 Å². The second kappa shape index (κ2) is 2.47. The van der Waals surface area contributed by atoms with Gasteiger partial charge >= 0.3 is 11.9 Å². The van der Waals surface area contributed by atoms with E-state index in [4.69, 9.17) is 9.84 Å². The number of fused-ring (bicyclic) bond motifs is 2. The minimum absolute atomic E-state index is 0.286. The van der Waals surface area contributed by atoms with E-state index in [9.17, 15) is 9.59 Å². The summed E-state index contributed by atoms with van der Waals surface area (Å²) in [5.41, 5.74) is 0. The van der Waals surface area contributed by atoms with Gasteiger partial charge in [0.05, 0.1) is 18.4 Å². The molecule has 1 aliphatic heterocycles. The first-order chi connectivity index (χ1) is 5.68. The maximum absolute atomic E-state index is 11.1. The van der Waals surface area contributed by atoms with Crippen LogP contribution in [0.15, 0.2) is 0 Å². The summed E-state index contributed by atoms with van der Waals surface area (Å²) in [6, 6.07) is 0. The second-order valence-corrected chi connectivity index (χ2v) is 3.52. The summed E-state index contributed by atoms with van der Waals surface area (Å²) < 4.78 is 4.84. The molecule has 1 aliphatic carbocycles. The van der Waals surface area contributed by atoms with Crippen molar-refractivity contribution < 1.29 is 19.4 Å². The summed E-state index contributed by atoms with van der Waals surface area (Å²) in [5, 5.41) is 8.77. The van der Waals surface area contributed by atoms with E-state index < -0.39 is 11.9 Å². The van der Waals surface area contributed by atoms with Crippen molar-refractivity contribution in [2.45, 2.75) is 12.8 Å². The number of aliphatic carboxylic acids is 1. The van der Waals surface area contributed by atoms with Crippen molar-refractivity contribution >= 4 is 11.9 Å². The molecule has 1 heterocycles. The Labute approximate surface area is 69.5 Å². The fraction of sp³-hybridized carbons (Fsp3) is 0.750. The van der Waals surface area contributed by atoms with Crippen LogP contribution in [0.2, 0.25) is 0 Å². The molecule has 66 valence electrons. The lowest BCUT2D eigenvalue weighted by atomic mass is 9.96. The molecule has 0 unspecified atom stereocenters. The molecule has 1 saturated carbocycles. The van der Waals surface area contributed by atoms with Gasteiger partial charge in [0.2, 0.25) is 0 Å². The number of carbonyl (C=O) groups is 2. The number of cyclic esters (lactones) is 1. The predicted molar refractivity (Wildman–Crippen MR) is 38.3 cm³/mol. The number of rotatable bonds is 1. The predicted octanol–water partition coefficient (Wildman–Crippen LogP) is 0.270. The van der Waals surface area contributed by atoms with Crippen LogP contribution in [0.5, 0.6) is 0 Å². The minimum atomic E-state index is -0.860. The summed E-state index contributed by atoms with van der Waals surface area (Å²) in [6.07, 6.45) is 1.31. The van der Waals surface area contributed by atoms with Crippen LogP contribution in [0.25, 0.3) is 0 Å². The highest BCUT2D eigenvalue weighted by Crippen LogP contribution is 2.40. The van der Waals surface area contributed by atoms with Crippen LogP contribution < -0.4 is 0 Å². The van der Waals surface area contributed by atoms with E-state index in [0.717, 1.165) is 0 Å². The number of carboxylic acid groups (broad SMARTS) is 1. The average molecular weight is 170 g/mol. The molecule has 0 amide bonds. The quantitative estimate of drug-likeness (QED) is 0.574. The number of hydrogen-bond acceptors (Lipinski definition) is 3. The van der Waals surface area contributed by atoms with Crippen LogP contribution in [0.4, 0.5) is 0 Å². The van der Waals surface area contributed by atoms with E-state index >= 15 is 0 Å². The number of carbonyl (C=O) groups excluding carboxylic acids is 1. The Hall–Kier alpha value is -1.06. The lowest BCUT2D eigenvalue weighted by molar-refractivity contribution is -0.158. The van der Waals surface area contributed by atoms with Crippen LogP contribution >= 0.6 is 0 Å². The Morgan fingerprint density at radius 3 is 2.92 bits per heavy atom. The Kier molecular flexibility index (Phi) is 1.56. The highest BCUT2D eigenvalue weighted by Gasteiger charge is 2.47. The van der Waals surface area contributed by atoms with E-state index in [1.807, 2.05) is 0 Å². The smallest absolute Gasteiger partial charge is 0.309 e. The molecule has 0 aromatic heterocycles. The van der Waals surface area contributed by atoms with E-state index in [1.165, 1.54) is 0 Å². The lowest BCUT2D eigenvalue weighted by Gasteiger charge is -2.18. The SMILES string of the molecule is O=C(O)[C@H]1C[C@@H]2COC(=O)[C@H]1C2. The zero-order chi connectivity index (χ0) is 8.72. The average Bonchev–Trinajstić information content (AvgIpc) is 2.37. The molecule has 0 spiro atoms. The highest BCUT2D eigenvalue weighted by molar-refractivity contribution is 5.82. The molecule has 4 heteroatoms. The Morgan fingerprint density at radius 1 is 1.50 bits per heavy atom. The molecule has 2 bridgehead atoms. The minimum Gasteiger partial charge on any atom is -0.481 e. The van der Waals surface area contributed by atoms with Gasteiger partial charge in [-0.3, -0.25) is 9.59 Å². The molecule has 2 fully saturated rings. The van der Waals surface area contributed by atoms with Crippen molar-refractivity contribution in [3.8, 4) is 0 Å². The third kappa shape index (κ3) is 0.983. The first kappa shape index (κ1) is 7.58. The first-order valence-electron chi connectivity index (χ1n) is 4.08. The largest absolute Gasteiger partial charge is 0.481 e. The molecular formula is C8H10O4. The molecule has 0 radical (unpaired) electrons. The Morgan fingerprint density at radius 2 is 2.25 bits per heavy atom. The number of esters is 1. The monoisotopic (exact) mass is 170 g/mol. The van der Waals surface area contributed by atoms with Gasteiger partial charge < -0.3 is 9.84 Å². The van der Waals surface area contributed by atoms with Crippen molar-refractivity contribution in [1.29, 1.82) is 0 Å². The number of hydrogen-bond donors (Lipinski definition) is 1. The molecule has 1 N–H and O–H groups in total. The van der Waals surface area contributed by atoms with Gasteiger partial charge in [0, 0.05) is 0 Å². The number of ether oxygens (including phenoxy) is 1. The summed E-state index contributed by atoms with van der Waals surface area (Å²) in [7, 11) is 0. The zero-order valence-electron chi connectivity index (χ0n) is 6.53. The molecule has 2 rings (SSSR count). The molecule has 12 heavy (non-hydrogen) atoms. The van der Waals surface area contributed by atoms with E-state index in [2.05, 4.69) is 0 Å². The Balaban J connectivity index is 2.19. The topological polar surface area (TPSA) is 63.6 Å². The van der Waals surface area contributed by atoms with E-state index in [0.29, 0.717) is 19.4 Å². The summed E-state index contributed by atoms with van der Waals surface area (Å²) >= 11 is 0. The van der Waals surface area contributed by atoms with Crippen molar-refractivity contribution in [3.63, 3.8) is 0 Å².